The molecule has 0 radical (unpaired) electrons. The lowest BCUT2D eigenvalue weighted by atomic mass is 10.0. The highest BCUT2D eigenvalue weighted by Crippen LogP contribution is 2.21. The minimum Gasteiger partial charge on any atom is -0.379 e. The zero-order valence-corrected chi connectivity index (χ0v) is 19.9. The molecule has 178 valence electrons. The van der Waals surface area contributed by atoms with Gasteiger partial charge in [-0.05, 0) is 42.5 Å². The molecule has 3 heterocycles. The van der Waals surface area contributed by atoms with Gasteiger partial charge >= 0.3 is 0 Å². The third kappa shape index (κ3) is 6.18. The van der Waals surface area contributed by atoms with Gasteiger partial charge in [0.25, 0.3) is 5.91 Å². The van der Waals surface area contributed by atoms with E-state index in [9.17, 15) is 18.0 Å². The number of likely N-dealkylation sites (tertiary alicyclic amines) is 1. The van der Waals surface area contributed by atoms with Crippen molar-refractivity contribution in [3.63, 3.8) is 0 Å². The molecule has 2 aliphatic rings. The molecule has 0 spiro atoms. The van der Waals surface area contributed by atoms with Crippen molar-refractivity contribution in [2.75, 3.05) is 51.3 Å². The number of morpholine rings is 1. The number of amides is 2. The fourth-order valence-electron chi connectivity index (χ4n) is 3.97. The minimum absolute atomic E-state index is 0.0480. The van der Waals surface area contributed by atoms with Gasteiger partial charge in [-0.2, -0.15) is 4.31 Å². The molecule has 0 atom stereocenters. The van der Waals surface area contributed by atoms with Crippen LogP contribution < -0.4 is 10.6 Å². The standard InChI is InChI=1S/C22H28N4O5S2/c27-21(16-25-8-6-17(7-9-25)24-22(28)20-5-2-14-32-20)23-18-3-1-4-19(15-18)33(29,30)26-10-12-31-13-11-26/h1-5,14-15,17H,6-13,16H2,(H,23,27)(H,24,28). The topological polar surface area (TPSA) is 108 Å². The third-order valence-electron chi connectivity index (χ3n) is 5.76. The number of benzene rings is 1. The number of sulfonamides is 1. The molecule has 9 nitrogen and oxygen atoms in total. The Hall–Kier alpha value is -2.31. The Bertz CT molecular complexity index is 1060. The van der Waals surface area contributed by atoms with E-state index in [4.69, 9.17) is 4.74 Å². The normalized spacial score (nSPS) is 18.7. The molecule has 2 fully saturated rings. The second-order valence-corrected chi connectivity index (χ2v) is 11.0. The number of nitrogens with one attached hydrogen (secondary N) is 2. The number of anilines is 1. The molecule has 0 saturated carbocycles. The first-order chi connectivity index (χ1) is 15.9. The van der Waals surface area contributed by atoms with Crippen molar-refractivity contribution in [2.45, 2.75) is 23.8 Å². The molecule has 2 aliphatic heterocycles. The van der Waals surface area contributed by atoms with Gasteiger partial charge < -0.3 is 15.4 Å². The molecule has 1 aromatic heterocycles. The molecule has 0 aliphatic carbocycles. The molecule has 11 heteroatoms. The Balaban J connectivity index is 1.26. The highest BCUT2D eigenvalue weighted by atomic mass is 32.2. The molecule has 0 unspecified atom stereocenters. The minimum atomic E-state index is -3.62. The van der Waals surface area contributed by atoms with Crippen molar-refractivity contribution < 1.29 is 22.7 Å². The van der Waals surface area contributed by atoms with Crippen LogP contribution in [0.25, 0.3) is 0 Å². The Morgan fingerprint density at radius 1 is 1.06 bits per heavy atom. The summed E-state index contributed by atoms with van der Waals surface area (Å²) in [6.07, 6.45) is 1.55. The Kier molecular flexibility index (Phi) is 7.76. The van der Waals surface area contributed by atoms with E-state index in [0.29, 0.717) is 50.0 Å². The molecule has 2 saturated heterocycles. The lowest BCUT2D eigenvalue weighted by Crippen LogP contribution is -2.46. The number of piperidine rings is 1. The van der Waals surface area contributed by atoms with Gasteiger partial charge in [0, 0.05) is 37.9 Å². The van der Waals surface area contributed by atoms with Crippen molar-refractivity contribution in [3.8, 4) is 0 Å². The van der Waals surface area contributed by atoms with E-state index in [1.807, 2.05) is 16.3 Å². The van der Waals surface area contributed by atoms with Crippen molar-refractivity contribution in [3.05, 3.63) is 46.7 Å². The van der Waals surface area contributed by atoms with Crippen LogP contribution in [0.4, 0.5) is 5.69 Å². The Morgan fingerprint density at radius 2 is 1.82 bits per heavy atom. The molecule has 2 aromatic rings. The van der Waals surface area contributed by atoms with E-state index in [-0.39, 0.29) is 29.3 Å². The highest BCUT2D eigenvalue weighted by molar-refractivity contribution is 7.89. The summed E-state index contributed by atoms with van der Waals surface area (Å²) in [5.41, 5.74) is 0.451. The molecule has 0 bridgehead atoms. The second-order valence-electron chi connectivity index (χ2n) is 8.09. The van der Waals surface area contributed by atoms with Crippen LogP contribution in [-0.2, 0) is 19.6 Å². The quantitative estimate of drug-likeness (QED) is 0.608. The molecule has 1 aromatic carbocycles. The highest BCUT2D eigenvalue weighted by Gasteiger charge is 2.27. The van der Waals surface area contributed by atoms with E-state index >= 15 is 0 Å². The van der Waals surface area contributed by atoms with Crippen molar-refractivity contribution >= 4 is 38.9 Å². The van der Waals surface area contributed by atoms with E-state index < -0.39 is 10.0 Å². The zero-order valence-electron chi connectivity index (χ0n) is 18.2. The first-order valence-corrected chi connectivity index (χ1v) is 13.3. The molecule has 33 heavy (non-hydrogen) atoms. The number of carbonyl (C=O) groups excluding carboxylic acids is 2. The monoisotopic (exact) mass is 492 g/mol. The average Bonchev–Trinajstić information content (AvgIpc) is 3.36. The van der Waals surface area contributed by atoms with E-state index in [2.05, 4.69) is 10.6 Å². The summed E-state index contributed by atoms with van der Waals surface area (Å²) in [5.74, 6) is -0.245. The summed E-state index contributed by atoms with van der Waals surface area (Å²) >= 11 is 1.42. The van der Waals surface area contributed by atoms with Crippen LogP contribution in [-0.4, -0.2) is 81.4 Å². The summed E-state index contributed by atoms with van der Waals surface area (Å²) in [5, 5.41) is 7.75. The smallest absolute Gasteiger partial charge is 0.261 e. The fraction of sp³-hybridized carbons (Fsp3) is 0.455. The lowest BCUT2D eigenvalue weighted by Gasteiger charge is -2.31. The first kappa shape index (κ1) is 23.8. The maximum atomic E-state index is 12.8. The SMILES string of the molecule is O=C(CN1CCC(NC(=O)c2cccs2)CC1)Nc1cccc(S(=O)(=O)N2CCOCC2)c1. The number of hydrogen-bond acceptors (Lipinski definition) is 7. The van der Waals surface area contributed by atoms with Crippen LogP contribution >= 0.6 is 11.3 Å². The average molecular weight is 493 g/mol. The number of hydrogen-bond donors (Lipinski definition) is 2. The number of ether oxygens (including phenoxy) is 1. The molecule has 2 amide bonds. The maximum Gasteiger partial charge on any atom is 0.261 e. The summed E-state index contributed by atoms with van der Waals surface area (Å²) in [4.78, 5) is 27.7. The van der Waals surface area contributed by atoms with Gasteiger partial charge in [0.2, 0.25) is 15.9 Å². The van der Waals surface area contributed by atoms with E-state index in [1.165, 1.54) is 27.8 Å². The van der Waals surface area contributed by atoms with Gasteiger partial charge in [-0.25, -0.2) is 8.42 Å². The summed E-state index contributed by atoms with van der Waals surface area (Å²) < 4.78 is 32.3. The second kappa shape index (κ2) is 10.7. The summed E-state index contributed by atoms with van der Waals surface area (Å²) in [7, 11) is -3.62. The van der Waals surface area contributed by atoms with Gasteiger partial charge in [-0.15, -0.1) is 11.3 Å². The van der Waals surface area contributed by atoms with Gasteiger partial charge in [0.1, 0.15) is 0 Å². The number of thiophene rings is 1. The van der Waals surface area contributed by atoms with Gasteiger partial charge in [0.15, 0.2) is 0 Å². The largest absolute Gasteiger partial charge is 0.379 e. The zero-order chi connectivity index (χ0) is 23.3. The van der Waals surface area contributed by atoms with Gasteiger partial charge in [-0.3, -0.25) is 14.5 Å². The Labute approximate surface area is 197 Å². The summed E-state index contributed by atoms with van der Waals surface area (Å²) in [6.45, 7) is 3.02. The summed E-state index contributed by atoms with van der Waals surface area (Å²) in [6, 6.07) is 10.1. The molecular weight excluding hydrogens is 464 g/mol. The van der Waals surface area contributed by atoms with Crippen LogP contribution in [0.3, 0.4) is 0 Å². The predicted molar refractivity (Wildman–Crippen MR) is 126 cm³/mol. The van der Waals surface area contributed by atoms with Gasteiger partial charge in [-0.1, -0.05) is 12.1 Å². The van der Waals surface area contributed by atoms with Crippen molar-refractivity contribution in [1.29, 1.82) is 0 Å². The third-order valence-corrected chi connectivity index (χ3v) is 8.52. The van der Waals surface area contributed by atoms with Crippen LogP contribution in [0.5, 0.6) is 0 Å². The van der Waals surface area contributed by atoms with Crippen LogP contribution in [0.15, 0.2) is 46.7 Å². The van der Waals surface area contributed by atoms with Gasteiger partial charge in [0.05, 0.1) is 29.5 Å². The Morgan fingerprint density at radius 3 is 2.52 bits per heavy atom. The number of carbonyl (C=O) groups is 2. The van der Waals surface area contributed by atoms with Crippen LogP contribution in [0, 0.1) is 0 Å². The van der Waals surface area contributed by atoms with Crippen molar-refractivity contribution in [1.82, 2.24) is 14.5 Å². The predicted octanol–water partition coefficient (Wildman–Crippen LogP) is 1.60. The lowest BCUT2D eigenvalue weighted by molar-refractivity contribution is -0.117. The van der Waals surface area contributed by atoms with E-state index in [1.54, 1.807) is 18.2 Å². The number of nitrogens with zero attached hydrogens (tertiary/aromatic N) is 2. The fourth-order valence-corrected chi connectivity index (χ4v) is 6.05. The first-order valence-electron chi connectivity index (χ1n) is 11.0. The molecule has 4 rings (SSSR count). The maximum absolute atomic E-state index is 12.8. The number of rotatable bonds is 7. The molecule has 2 N–H and O–H groups in total. The van der Waals surface area contributed by atoms with E-state index in [0.717, 1.165) is 12.8 Å². The van der Waals surface area contributed by atoms with Crippen LogP contribution in [0.1, 0.15) is 22.5 Å². The van der Waals surface area contributed by atoms with Crippen molar-refractivity contribution in [2.24, 2.45) is 0 Å². The molecular formula is C22H28N4O5S2. The van der Waals surface area contributed by atoms with Crippen LogP contribution in [0.2, 0.25) is 0 Å².